The van der Waals surface area contributed by atoms with E-state index in [0.717, 1.165) is 0 Å². The molecule has 0 aliphatic carbocycles. The molecule has 23 heavy (non-hydrogen) atoms. The van der Waals surface area contributed by atoms with Crippen molar-refractivity contribution in [1.82, 2.24) is 4.98 Å². The average Bonchev–Trinajstić information content (AvgIpc) is 2.98. The lowest BCUT2D eigenvalue weighted by Gasteiger charge is -2.06. The molecule has 0 saturated heterocycles. The number of carbonyl (C=O) groups is 2. The molecule has 10 heteroatoms. The Morgan fingerprint density at radius 1 is 1.09 bits per heavy atom. The van der Waals surface area contributed by atoms with Gasteiger partial charge in [0.05, 0.1) is 4.90 Å². The van der Waals surface area contributed by atoms with Crippen LogP contribution in [-0.2, 0) is 19.6 Å². The number of nitrogens with two attached hydrogens (primary N) is 1. The summed E-state index contributed by atoms with van der Waals surface area (Å²) in [4.78, 5) is 27.2. The molecule has 1 aromatic heterocycles. The highest BCUT2D eigenvalue weighted by Crippen LogP contribution is 2.14. The van der Waals surface area contributed by atoms with Crippen molar-refractivity contribution in [3.05, 3.63) is 35.8 Å². The van der Waals surface area contributed by atoms with E-state index in [0.29, 0.717) is 10.8 Å². The Labute approximate surface area is 136 Å². The van der Waals surface area contributed by atoms with E-state index in [1.807, 2.05) is 0 Å². The van der Waals surface area contributed by atoms with E-state index in [2.05, 4.69) is 15.6 Å². The number of aromatic nitrogens is 1. The number of amides is 2. The number of rotatable bonds is 6. The lowest BCUT2D eigenvalue weighted by Crippen LogP contribution is -2.17. The van der Waals surface area contributed by atoms with Gasteiger partial charge in [0.15, 0.2) is 5.13 Å². The number of benzene rings is 1. The Balaban J connectivity index is 1.81. The molecule has 1 aromatic carbocycles. The topological polar surface area (TPSA) is 131 Å². The van der Waals surface area contributed by atoms with Gasteiger partial charge in [0.1, 0.15) is 0 Å². The van der Waals surface area contributed by atoms with Gasteiger partial charge in [-0.3, -0.25) is 9.59 Å². The third-order valence-corrected chi connectivity index (χ3v) is 4.34. The molecule has 0 aliphatic rings. The van der Waals surface area contributed by atoms with E-state index in [1.54, 1.807) is 11.6 Å². The van der Waals surface area contributed by atoms with Crippen molar-refractivity contribution in [3.8, 4) is 0 Å². The highest BCUT2D eigenvalue weighted by atomic mass is 32.2. The van der Waals surface area contributed by atoms with Crippen LogP contribution in [0.3, 0.4) is 0 Å². The first-order valence-corrected chi connectivity index (χ1v) is 8.89. The Bertz CT molecular complexity index is 786. The summed E-state index contributed by atoms with van der Waals surface area (Å²) in [6.07, 6.45) is 1.58. The fourth-order valence-electron chi connectivity index (χ4n) is 1.65. The normalized spacial score (nSPS) is 11.0. The minimum atomic E-state index is -3.77. The van der Waals surface area contributed by atoms with Crippen LogP contribution in [0.5, 0.6) is 0 Å². The van der Waals surface area contributed by atoms with Crippen molar-refractivity contribution >= 4 is 44.0 Å². The summed E-state index contributed by atoms with van der Waals surface area (Å²) in [6.45, 7) is 0. The van der Waals surface area contributed by atoms with Gasteiger partial charge in [-0.1, -0.05) is 0 Å². The number of hydrogen-bond donors (Lipinski definition) is 3. The monoisotopic (exact) mass is 354 g/mol. The van der Waals surface area contributed by atoms with Crippen molar-refractivity contribution in [2.75, 3.05) is 10.6 Å². The molecular formula is C13H14N4O4S2. The zero-order valence-corrected chi connectivity index (χ0v) is 13.5. The van der Waals surface area contributed by atoms with Gasteiger partial charge in [-0.25, -0.2) is 18.5 Å². The van der Waals surface area contributed by atoms with E-state index in [1.165, 1.54) is 35.6 Å². The average molecular weight is 354 g/mol. The number of nitrogens with zero attached hydrogens (tertiary/aromatic N) is 1. The number of thiazole rings is 1. The minimum absolute atomic E-state index is 0.00581. The van der Waals surface area contributed by atoms with Gasteiger partial charge >= 0.3 is 0 Å². The van der Waals surface area contributed by atoms with E-state index in [9.17, 15) is 18.0 Å². The van der Waals surface area contributed by atoms with Crippen molar-refractivity contribution < 1.29 is 18.0 Å². The Hall–Kier alpha value is -2.30. The second kappa shape index (κ2) is 7.31. The summed E-state index contributed by atoms with van der Waals surface area (Å²) in [5.74, 6) is -0.665. The van der Waals surface area contributed by atoms with E-state index < -0.39 is 10.0 Å². The first kappa shape index (κ1) is 17.1. The zero-order valence-electron chi connectivity index (χ0n) is 11.9. The fraction of sp³-hybridized carbons (Fsp3) is 0.154. The number of sulfonamides is 1. The molecule has 0 bridgehead atoms. The molecule has 0 spiro atoms. The molecule has 1 heterocycles. The van der Waals surface area contributed by atoms with E-state index in [4.69, 9.17) is 5.14 Å². The zero-order chi connectivity index (χ0) is 16.9. The summed E-state index contributed by atoms with van der Waals surface area (Å²) >= 11 is 1.29. The van der Waals surface area contributed by atoms with Crippen molar-refractivity contribution in [1.29, 1.82) is 0 Å². The number of carbonyl (C=O) groups excluding carboxylic acids is 2. The van der Waals surface area contributed by atoms with Crippen LogP contribution >= 0.6 is 11.3 Å². The highest BCUT2D eigenvalue weighted by molar-refractivity contribution is 7.89. The maximum atomic E-state index is 11.8. The van der Waals surface area contributed by atoms with Crippen LogP contribution in [0.25, 0.3) is 0 Å². The van der Waals surface area contributed by atoms with Gasteiger partial charge in [-0.2, -0.15) is 0 Å². The summed E-state index contributed by atoms with van der Waals surface area (Å²) in [6, 6.07) is 5.43. The molecule has 0 atom stereocenters. The summed E-state index contributed by atoms with van der Waals surface area (Å²) in [5, 5.41) is 12.3. The summed E-state index contributed by atoms with van der Waals surface area (Å²) in [5.41, 5.74) is 0.419. The molecule has 2 amide bonds. The number of primary sulfonamides is 1. The number of hydrogen-bond acceptors (Lipinski definition) is 6. The third-order valence-electron chi connectivity index (χ3n) is 2.72. The molecule has 0 fully saturated rings. The SMILES string of the molecule is NS(=O)(=O)c1ccc(NC(=O)CCC(=O)Nc2nccs2)cc1. The summed E-state index contributed by atoms with van der Waals surface area (Å²) < 4.78 is 22.2. The van der Waals surface area contributed by atoms with Gasteiger partial charge in [-0.15, -0.1) is 11.3 Å². The fourth-order valence-corrected chi connectivity index (χ4v) is 2.71. The predicted molar refractivity (Wildman–Crippen MR) is 86.4 cm³/mol. The largest absolute Gasteiger partial charge is 0.326 e. The van der Waals surface area contributed by atoms with E-state index in [-0.39, 0.29) is 29.6 Å². The third kappa shape index (κ3) is 5.43. The van der Waals surface area contributed by atoms with Gasteiger partial charge in [-0.05, 0) is 24.3 Å². The first-order chi connectivity index (χ1) is 10.8. The van der Waals surface area contributed by atoms with Gasteiger partial charge < -0.3 is 10.6 Å². The molecule has 2 aromatic rings. The van der Waals surface area contributed by atoms with Crippen LogP contribution in [0, 0.1) is 0 Å². The molecule has 2 rings (SSSR count). The predicted octanol–water partition coefficient (Wildman–Crippen LogP) is 1.15. The van der Waals surface area contributed by atoms with Crippen molar-refractivity contribution in [2.24, 2.45) is 5.14 Å². The second-order valence-electron chi connectivity index (χ2n) is 4.50. The van der Waals surface area contributed by atoms with Crippen molar-refractivity contribution in [3.63, 3.8) is 0 Å². The summed E-state index contributed by atoms with van der Waals surface area (Å²) in [7, 11) is -3.77. The van der Waals surface area contributed by atoms with Gasteiger partial charge in [0.25, 0.3) is 0 Å². The smallest absolute Gasteiger partial charge is 0.238 e. The lowest BCUT2D eigenvalue weighted by molar-refractivity contribution is -0.121. The molecular weight excluding hydrogens is 340 g/mol. The maximum Gasteiger partial charge on any atom is 0.238 e. The number of nitrogens with one attached hydrogen (secondary N) is 2. The molecule has 0 aliphatic heterocycles. The molecule has 8 nitrogen and oxygen atoms in total. The van der Waals surface area contributed by atoms with Crippen LogP contribution < -0.4 is 15.8 Å². The lowest BCUT2D eigenvalue weighted by atomic mass is 10.2. The van der Waals surface area contributed by atoms with Crippen molar-refractivity contribution in [2.45, 2.75) is 17.7 Å². The van der Waals surface area contributed by atoms with Gasteiger partial charge in [0, 0.05) is 30.1 Å². The Morgan fingerprint density at radius 3 is 2.22 bits per heavy atom. The van der Waals surface area contributed by atoms with E-state index >= 15 is 0 Å². The minimum Gasteiger partial charge on any atom is -0.326 e. The van der Waals surface area contributed by atoms with Crippen LogP contribution in [-0.4, -0.2) is 25.2 Å². The Morgan fingerprint density at radius 2 is 1.70 bits per heavy atom. The maximum absolute atomic E-state index is 11.8. The van der Waals surface area contributed by atoms with Gasteiger partial charge in [0.2, 0.25) is 21.8 Å². The Kier molecular flexibility index (Phi) is 5.42. The van der Waals surface area contributed by atoms with Crippen LogP contribution in [0.4, 0.5) is 10.8 Å². The quantitative estimate of drug-likeness (QED) is 0.716. The molecule has 0 unspecified atom stereocenters. The highest BCUT2D eigenvalue weighted by Gasteiger charge is 2.10. The second-order valence-corrected chi connectivity index (χ2v) is 6.96. The molecule has 4 N–H and O–H groups in total. The standard InChI is InChI=1S/C13H14N4O4S2/c14-23(20,21)10-3-1-9(2-4-10)16-11(18)5-6-12(19)17-13-15-7-8-22-13/h1-4,7-8H,5-6H2,(H,16,18)(H2,14,20,21)(H,15,17,19). The molecule has 0 radical (unpaired) electrons. The van der Waals surface area contributed by atoms with Crippen LogP contribution in [0.2, 0.25) is 0 Å². The van der Waals surface area contributed by atoms with Crippen LogP contribution in [0.1, 0.15) is 12.8 Å². The first-order valence-electron chi connectivity index (χ1n) is 6.46. The van der Waals surface area contributed by atoms with Crippen LogP contribution in [0.15, 0.2) is 40.7 Å². The molecule has 122 valence electrons. The number of anilines is 2. The molecule has 0 saturated carbocycles.